The highest BCUT2D eigenvalue weighted by Crippen LogP contribution is 2.05. The van der Waals surface area contributed by atoms with Gasteiger partial charge in [-0.15, -0.1) is 0 Å². The minimum Gasteiger partial charge on any atom is -0.468 e. The first kappa shape index (κ1) is 7.71. The lowest BCUT2D eigenvalue weighted by atomic mass is 10.1. The highest BCUT2D eigenvalue weighted by molar-refractivity contribution is 6.42. The van der Waals surface area contributed by atoms with Crippen LogP contribution in [-0.2, 0) is 19.1 Å². The number of hydrogen-bond donors (Lipinski definition) is 1. The van der Waals surface area contributed by atoms with E-state index in [9.17, 15) is 14.4 Å². The summed E-state index contributed by atoms with van der Waals surface area (Å²) in [5.74, 6) is -3.02. The minimum atomic E-state index is -0.938. The van der Waals surface area contributed by atoms with Crippen molar-refractivity contribution in [1.29, 1.82) is 0 Å². The molecule has 60 valence electrons. The maximum Gasteiger partial charge on any atom is 0.318 e. The van der Waals surface area contributed by atoms with Gasteiger partial charge in [0, 0.05) is 6.54 Å². The van der Waals surface area contributed by atoms with Crippen molar-refractivity contribution in [3.63, 3.8) is 0 Å². The lowest BCUT2D eigenvalue weighted by Crippen LogP contribution is -2.24. The Bertz CT molecular complexity index is 223. The zero-order chi connectivity index (χ0) is 8.43. The average Bonchev–Trinajstić information content (AvgIpc) is 2.32. The molecule has 0 aromatic heterocycles. The van der Waals surface area contributed by atoms with Gasteiger partial charge in [0.1, 0.15) is 5.92 Å². The van der Waals surface area contributed by atoms with Crippen LogP contribution in [0.25, 0.3) is 0 Å². The van der Waals surface area contributed by atoms with E-state index in [1.165, 1.54) is 7.11 Å². The lowest BCUT2D eigenvalue weighted by Gasteiger charge is -2.00. The van der Waals surface area contributed by atoms with E-state index in [4.69, 9.17) is 0 Å². The Morgan fingerprint density at radius 1 is 1.64 bits per heavy atom. The number of amides is 1. The topological polar surface area (TPSA) is 72.5 Å². The fourth-order valence-corrected chi connectivity index (χ4v) is 0.865. The zero-order valence-corrected chi connectivity index (χ0v) is 5.92. The number of rotatable bonds is 1. The van der Waals surface area contributed by atoms with E-state index >= 15 is 0 Å². The van der Waals surface area contributed by atoms with Gasteiger partial charge in [-0.1, -0.05) is 0 Å². The van der Waals surface area contributed by atoms with Crippen LogP contribution in [0.4, 0.5) is 0 Å². The third kappa shape index (κ3) is 1.21. The molecule has 1 aliphatic heterocycles. The maximum atomic E-state index is 10.8. The van der Waals surface area contributed by atoms with Crippen molar-refractivity contribution >= 4 is 17.7 Å². The number of esters is 1. The summed E-state index contributed by atoms with van der Waals surface area (Å²) in [7, 11) is 1.18. The summed E-state index contributed by atoms with van der Waals surface area (Å²) >= 11 is 0. The third-order valence-electron chi connectivity index (χ3n) is 1.49. The number of ketones is 1. The van der Waals surface area contributed by atoms with Crippen molar-refractivity contribution in [3.8, 4) is 0 Å². The molecular formula is C6H7NO4. The largest absolute Gasteiger partial charge is 0.468 e. The first-order valence-electron chi connectivity index (χ1n) is 3.06. The van der Waals surface area contributed by atoms with Crippen LogP contribution >= 0.6 is 0 Å². The summed E-state index contributed by atoms with van der Waals surface area (Å²) in [4.78, 5) is 32.1. The number of Topliss-reactive ketones (excluding diaryl/α,β-unsaturated/α-hetero) is 1. The lowest BCUT2D eigenvalue weighted by molar-refractivity contribution is -0.149. The molecule has 0 bridgehead atoms. The van der Waals surface area contributed by atoms with E-state index in [0.717, 1.165) is 0 Å². The van der Waals surface area contributed by atoms with Crippen molar-refractivity contribution in [2.24, 2.45) is 5.92 Å². The normalized spacial score (nSPS) is 23.2. The Morgan fingerprint density at radius 2 is 2.27 bits per heavy atom. The summed E-state index contributed by atoms with van der Waals surface area (Å²) in [6.07, 6.45) is 0. The zero-order valence-electron chi connectivity index (χ0n) is 5.92. The van der Waals surface area contributed by atoms with Crippen LogP contribution in [-0.4, -0.2) is 31.3 Å². The summed E-state index contributed by atoms with van der Waals surface area (Å²) in [5, 5.41) is 2.25. The van der Waals surface area contributed by atoms with Gasteiger partial charge in [0.25, 0.3) is 5.91 Å². The standard InChI is InChI=1S/C6H7NO4/c1-11-6(10)3-2-7-5(9)4(3)8/h3H,2H2,1H3,(H,7,9)/t3-/m1/s1. The van der Waals surface area contributed by atoms with E-state index in [1.807, 2.05) is 0 Å². The summed E-state index contributed by atoms with van der Waals surface area (Å²) in [6.45, 7) is 0.0599. The molecule has 0 aromatic rings. The first-order valence-corrected chi connectivity index (χ1v) is 3.06. The molecule has 5 heteroatoms. The second-order valence-electron chi connectivity index (χ2n) is 2.15. The second-order valence-corrected chi connectivity index (χ2v) is 2.15. The van der Waals surface area contributed by atoms with Crippen molar-refractivity contribution in [2.75, 3.05) is 13.7 Å². The Morgan fingerprint density at radius 3 is 2.64 bits per heavy atom. The molecule has 0 aromatic carbocycles. The molecule has 0 unspecified atom stereocenters. The van der Waals surface area contributed by atoms with Gasteiger partial charge < -0.3 is 10.1 Å². The second kappa shape index (κ2) is 2.69. The SMILES string of the molecule is COC(=O)[C@@H]1CNC(=O)C1=O. The summed E-state index contributed by atoms with van der Waals surface area (Å²) in [5.41, 5.74) is 0. The van der Waals surface area contributed by atoms with Gasteiger partial charge in [0.15, 0.2) is 0 Å². The molecule has 0 radical (unpaired) electrons. The van der Waals surface area contributed by atoms with Crippen LogP contribution in [0.3, 0.4) is 0 Å². The molecular weight excluding hydrogens is 150 g/mol. The molecule has 1 atom stereocenters. The monoisotopic (exact) mass is 157 g/mol. The quantitative estimate of drug-likeness (QED) is 0.285. The van der Waals surface area contributed by atoms with Crippen molar-refractivity contribution in [3.05, 3.63) is 0 Å². The molecule has 0 saturated carbocycles. The van der Waals surface area contributed by atoms with Gasteiger partial charge in [-0.05, 0) is 0 Å². The molecule has 11 heavy (non-hydrogen) atoms. The summed E-state index contributed by atoms with van der Waals surface area (Å²) in [6, 6.07) is 0. The number of carbonyl (C=O) groups is 3. The summed E-state index contributed by atoms with van der Waals surface area (Å²) < 4.78 is 4.30. The fraction of sp³-hybridized carbons (Fsp3) is 0.500. The smallest absolute Gasteiger partial charge is 0.318 e. The van der Waals surface area contributed by atoms with Crippen LogP contribution in [0.2, 0.25) is 0 Å². The number of carbonyl (C=O) groups excluding carboxylic acids is 3. The third-order valence-corrected chi connectivity index (χ3v) is 1.49. The van der Waals surface area contributed by atoms with E-state index in [2.05, 4.69) is 10.1 Å². The highest BCUT2D eigenvalue weighted by Gasteiger charge is 2.38. The van der Waals surface area contributed by atoms with Crippen LogP contribution in [0.15, 0.2) is 0 Å². The highest BCUT2D eigenvalue weighted by atomic mass is 16.5. The molecule has 1 aliphatic rings. The predicted molar refractivity (Wildman–Crippen MR) is 33.5 cm³/mol. The van der Waals surface area contributed by atoms with Crippen LogP contribution in [0, 0.1) is 5.92 Å². The number of hydrogen-bond acceptors (Lipinski definition) is 4. The molecule has 1 N–H and O–H groups in total. The van der Waals surface area contributed by atoms with Gasteiger partial charge in [0.2, 0.25) is 5.78 Å². The number of ether oxygens (including phenoxy) is 1. The Kier molecular flexibility index (Phi) is 1.89. The fourth-order valence-electron chi connectivity index (χ4n) is 0.865. The Hall–Kier alpha value is -1.39. The van der Waals surface area contributed by atoms with Gasteiger partial charge in [-0.3, -0.25) is 14.4 Å². The van der Waals surface area contributed by atoms with Gasteiger partial charge in [-0.2, -0.15) is 0 Å². The van der Waals surface area contributed by atoms with E-state index in [0.29, 0.717) is 0 Å². The van der Waals surface area contributed by atoms with Crippen molar-refractivity contribution in [1.82, 2.24) is 5.32 Å². The Labute approximate surface area is 62.7 Å². The number of methoxy groups -OCH3 is 1. The van der Waals surface area contributed by atoms with Crippen LogP contribution in [0.1, 0.15) is 0 Å². The maximum absolute atomic E-state index is 10.8. The molecule has 1 amide bonds. The van der Waals surface area contributed by atoms with Crippen molar-refractivity contribution in [2.45, 2.75) is 0 Å². The van der Waals surface area contributed by atoms with Gasteiger partial charge in [0.05, 0.1) is 7.11 Å². The van der Waals surface area contributed by atoms with Gasteiger partial charge in [-0.25, -0.2) is 0 Å². The average molecular weight is 157 g/mol. The molecule has 1 fully saturated rings. The molecule has 1 saturated heterocycles. The molecule has 0 aliphatic carbocycles. The number of nitrogens with one attached hydrogen (secondary N) is 1. The van der Waals surface area contributed by atoms with Crippen LogP contribution < -0.4 is 5.32 Å². The van der Waals surface area contributed by atoms with E-state index in [1.54, 1.807) is 0 Å². The first-order chi connectivity index (χ1) is 5.16. The van der Waals surface area contributed by atoms with Crippen molar-refractivity contribution < 1.29 is 19.1 Å². The molecule has 5 nitrogen and oxygen atoms in total. The minimum absolute atomic E-state index is 0.0599. The molecule has 1 heterocycles. The molecule has 0 spiro atoms. The van der Waals surface area contributed by atoms with E-state index in [-0.39, 0.29) is 6.54 Å². The Balaban J connectivity index is 2.69. The molecule has 1 rings (SSSR count). The predicted octanol–water partition coefficient (Wildman–Crippen LogP) is -1.53. The van der Waals surface area contributed by atoms with Crippen LogP contribution in [0.5, 0.6) is 0 Å². The van der Waals surface area contributed by atoms with E-state index < -0.39 is 23.6 Å². The van der Waals surface area contributed by atoms with Gasteiger partial charge >= 0.3 is 5.97 Å².